The molecule has 1 amide bonds. The van der Waals surface area contributed by atoms with Crippen molar-refractivity contribution in [2.75, 3.05) is 12.4 Å². The Labute approximate surface area is 168 Å². The van der Waals surface area contributed by atoms with Crippen LogP contribution in [0.3, 0.4) is 0 Å². The van der Waals surface area contributed by atoms with Crippen molar-refractivity contribution >= 4 is 33.1 Å². The summed E-state index contributed by atoms with van der Waals surface area (Å²) in [5.74, 6) is -0.0899. The first-order chi connectivity index (χ1) is 13.7. The van der Waals surface area contributed by atoms with Crippen LogP contribution in [0.2, 0.25) is 0 Å². The molecule has 1 unspecified atom stereocenters. The van der Waals surface area contributed by atoms with Gasteiger partial charge in [-0.1, -0.05) is 42.5 Å². The smallest absolute Gasteiger partial charge is 0.255 e. The molecule has 0 saturated carbocycles. The van der Waals surface area contributed by atoms with Crippen molar-refractivity contribution in [3.63, 3.8) is 0 Å². The average molecular weight is 389 g/mol. The SMILES string of the molecule is C[NH+](Cc1ccc(C(=O)Nc2ccccc2)cc1)Cc1nc2ccccc2s1. The third kappa shape index (κ3) is 4.44. The average Bonchev–Trinajstić information content (AvgIpc) is 3.11. The molecule has 0 spiro atoms. The fourth-order valence-electron chi connectivity index (χ4n) is 3.16. The van der Waals surface area contributed by atoms with Crippen LogP contribution in [-0.4, -0.2) is 17.9 Å². The molecule has 0 radical (unpaired) electrons. The highest BCUT2D eigenvalue weighted by atomic mass is 32.1. The van der Waals surface area contributed by atoms with Gasteiger partial charge in [-0.15, -0.1) is 11.3 Å². The van der Waals surface area contributed by atoms with Gasteiger partial charge in [-0.2, -0.15) is 0 Å². The molecule has 1 atom stereocenters. The number of hydrogen-bond acceptors (Lipinski definition) is 3. The van der Waals surface area contributed by atoms with E-state index >= 15 is 0 Å². The maximum Gasteiger partial charge on any atom is 0.255 e. The van der Waals surface area contributed by atoms with Crippen LogP contribution < -0.4 is 10.2 Å². The minimum atomic E-state index is -0.0899. The van der Waals surface area contributed by atoms with Gasteiger partial charge in [-0.25, -0.2) is 4.98 Å². The highest BCUT2D eigenvalue weighted by Gasteiger charge is 2.11. The van der Waals surface area contributed by atoms with Crippen LogP contribution in [-0.2, 0) is 13.1 Å². The van der Waals surface area contributed by atoms with Crippen molar-refractivity contribution in [2.45, 2.75) is 13.1 Å². The maximum absolute atomic E-state index is 12.4. The molecular weight excluding hydrogens is 366 g/mol. The molecule has 2 N–H and O–H groups in total. The quantitative estimate of drug-likeness (QED) is 0.528. The highest BCUT2D eigenvalue weighted by molar-refractivity contribution is 7.18. The molecule has 0 bridgehead atoms. The van der Waals surface area contributed by atoms with Crippen LogP contribution in [0.25, 0.3) is 10.2 Å². The van der Waals surface area contributed by atoms with Crippen molar-refractivity contribution in [1.29, 1.82) is 0 Å². The van der Waals surface area contributed by atoms with E-state index in [-0.39, 0.29) is 5.91 Å². The summed E-state index contributed by atoms with van der Waals surface area (Å²) in [4.78, 5) is 18.4. The van der Waals surface area contributed by atoms with Crippen LogP contribution >= 0.6 is 11.3 Å². The second-order valence-corrected chi connectivity index (χ2v) is 8.02. The molecular formula is C23H22N3OS+. The zero-order chi connectivity index (χ0) is 19.3. The lowest BCUT2D eigenvalue weighted by atomic mass is 10.1. The first-order valence-electron chi connectivity index (χ1n) is 9.28. The van der Waals surface area contributed by atoms with E-state index < -0.39 is 0 Å². The van der Waals surface area contributed by atoms with Gasteiger partial charge in [0.15, 0.2) is 0 Å². The summed E-state index contributed by atoms with van der Waals surface area (Å²) >= 11 is 1.76. The van der Waals surface area contributed by atoms with Gasteiger partial charge in [0.2, 0.25) is 0 Å². The number of carbonyl (C=O) groups is 1. The molecule has 1 heterocycles. The van der Waals surface area contributed by atoms with Gasteiger partial charge in [-0.3, -0.25) is 4.79 Å². The summed E-state index contributed by atoms with van der Waals surface area (Å²) in [6, 6.07) is 25.6. The number of hydrogen-bond donors (Lipinski definition) is 2. The molecule has 0 fully saturated rings. The second-order valence-electron chi connectivity index (χ2n) is 6.90. The Morgan fingerprint density at radius 1 is 0.929 bits per heavy atom. The Balaban J connectivity index is 1.36. The van der Waals surface area contributed by atoms with E-state index in [2.05, 4.69) is 30.6 Å². The van der Waals surface area contributed by atoms with Crippen molar-refractivity contribution < 1.29 is 9.69 Å². The predicted molar refractivity (Wildman–Crippen MR) is 115 cm³/mol. The topological polar surface area (TPSA) is 46.4 Å². The molecule has 5 heteroatoms. The van der Waals surface area contributed by atoms with Gasteiger partial charge in [0, 0.05) is 16.8 Å². The molecule has 4 aromatic rings. The molecule has 3 aromatic carbocycles. The Morgan fingerprint density at radius 2 is 1.64 bits per heavy atom. The van der Waals surface area contributed by atoms with Gasteiger partial charge >= 0.3 is 0 Å². The molecule has 0 saturated heterocycles. The largest absolute Gasteiger partial charge is 0.328 e. The number of anilines is 1. The molecule has 4 rings (SSSR count). The first-order valence-corrected chi connectivity index (χ1v) is 10.1. The van der Waals surface area contributed by atoms with Gasteiger partial charge in [0.05, 0.1) is 17.3 Å². The zero-order valence-electron chi connectivity index (χ0n) is 15.7. The van der Waals surface area contributed by atoms with Crippen molar-refractivity contribution in [3.05, 3.63) is 95.0 Å². The Bertz CT molecular complexity index is 1040. The normalized spacial score (nSPS) is 12.0. The van der Waals surface area contributed by atoms with Crippen molar-refractivity contribution in [3.8, 4) is 0 Å². The maximum atomic E-state index is 12.4. The lowest BCUT2D eigenvalue weighted by Gasteiger charge is -2.13. The Hall–Kier alpha value is -3.02. The molecule has 140 valence electrons. The molecule has 0 aliphatic rings. The predicted octanol–water partition coefficient (Wildman–Crippen LogP) is 3.76. The molecule has 28 heavy (non-hydrogen) atoms. The zero-order valence-corrected chi connectivity index (χ0v) is 16.5. The number of carbonyl (C=O) groups excluding carboxylic acids is 1. The van der Waals surface area contributed by atoms with Gasteiger partial charge in [0.1, 0.15) is 18.1 Å². The van der Waals surface area contributed by atoms with E-state index in [4.69, 9.17) is 4.98 Å². The second kappa shape index (κ2) is 8.33. The summed E-state index contributed by atoms with van der Waals surface area (Å²) in [5.41, 5.74) is 3.74. The van der Waals surface area contributed by atoms with E-state index in [0.717, 1.165) is 29.3 Å². The number of aromatic nitrogens is 1. The fraction of sp³-hybridized carbons (Fsp3) is 0.130. The third-order valence-corrected chi connectivity index (χ3v) is 5.58. The van der Waals surface area contributed by atoms with Crippen LogP contribution in [0.5, 0.6) is 0 Å². The monoisotopic (exact) mass is 388 g/mol. The molecule has 0 aliphatic heterocycles. The minimum Gasteiger partial charge on any atom is -0.328 e. The molecule has 4 nitrogen and oxygen atoms in total. The Morgan fingerprint density at radius 3 is 2.39 bits per heavy atom. The summed E-state index contributed by atoms with van der Waals surface area (Å²) in [7, 11) is 2.17. The summed E-state index contributed by atoms with van der Waals surface area (Å²) < 4.78 is 1.24. The van der Waals surface area contributed by atoms with Gasteiger partial charge < -0.3 is 10.2 Å². The highest BCUT2D eigenvalue weighted by Crippen LogP contribution is 2.20. The minimum absolute atomic E-state index is 0.0899. The number of fused-ring (bicyclic) bond motifs is 1. The van der Waals surface area contributed by atoms with Crippen molar-refractivity contribution in [1.82, 2.24) is 4.98 Å². The van der Waals surface area contributed by atoms with Gasteiger partial charge in [-0.05, 0) is 36.4 Å². The summed E-state index contributed by atoms with van der Waals surface area (Å²) in [6.07, 6.45) is 0. The molecule has 1 aromatic heterocycles. The van der Waals surface area contributed by atoms with E-state index in [1.165, 1.54) is 15.2 Å². The molecule has 0 aliphatic carbocycles. The van der Waals surface area contributed by atoms with E-state index in [9.17, 15) is 4.79 Å². The van der Waals surface area contributed by atoms with Crippen LogP contribution in [0.15, 0.2) is 78.9 Å². The standard InChI is InChI=1S/C23H21N3OS/c1-26(16-22-25-20-9-5-6-10-21(20)28-22)15-17-11-13-18(14-12-17)23(27)24-19-7-3-2-4-8-19/h2-14H,15-16H2,1H3,(H,24,27)/p+1. The third-order valence-electron chi connectivity index (χ3n) is 4.54. The fourth-order valence-corrected chi connectivity index (χ4v) is 4.24. The van der Waals surface area contributed by atoms with Crippen molar-refractivity contribution in [2.24, 2.45) is 0 Å². The lowest BCUT2D eigenvalue weighted by molar-refractivity contribution is -0.907. The van der Waals surface area contributed by atoms with E-state index in [1.54, 1.807) is 11.3 Å². The summed E-state index contributed by atoms with van der Waals surface area (Å²) in [5, 5.41) is 4.06. The number of amides is 1. The number of para-hydroxylation sites is 2. The first kappa shape index (κ1) is 18.3. The number of thiazole rings is 1. The number of quaternary nitrogens is 1. The number of rotatable bonds is 6. The van der Waals surface area contributed by atoms with E-state index in [0.29, 0.717) is 5.56 Å². The number of nitrogens with zero attached hydrogens (tertiary/aromatic N) is 1. The number of benzene rings is 3. The summed E-state index contributed by atoms with van der Waals surface area (Å²) in [6.45, 7) is 1.77. The lowest BCUT2D eigenvalue weighted by Crippen LogP contribution is -3.06. The van der Waals surface area contributed by atoms with Crippen LogP contribution in [0.1, 0.15) is 20.9 Å². The Kier molecular flexibility index (Phi) is 5.46. The number of nitrogens with one attached hydrogen (secondary N) is 2. The van der Waals surface area contributed by atoms with Crippen LogP contribution in [0.4, 0.5) is 5.69 Å². The van der Waals surface area contributed by atoms with E-state index in [1.807, 2.05) is 60.7 Å². The van der Waals surface area contributed by atoms with Gasteiger partial charge in [0.25, 0.3) is 5.91 Å². The van der Waals surface area contributed by atoms with Crippen LogP contribution in [0, 0.1) is 0 Å².